The first-order valence-corrected chi connectivity index (χ1v) is 6.21. The molecule has 0 aromatic heterocycles. The Morgan fingerprint density at radius 3 is 2.53 bits per heavy atom. The molecule has 0 amide bonds. The number of hydrogen-bond acceptors (Lipinski definition) is 2. The van der Waals surface area contributed by atoms with Gasteiger partial charge >= 0.3 is 0 Å². The predicted molar refractivity (Wildman–Crippen MR) is 77.1 cm³/mol. The number of ether oxygens (including phenoxy) is 1. The molecule has 1 aromatic carbocycles. The van der Waals surface area contributed by atoms with Crippen LogP contribution in [-0.4, -0.2) is 12.9 Å². The molecule has 0 aliphatic heterocycles. The molecular weight excluding hydrogens is 236 g/mol. The lowest BCUT2D eigenvalue weighted by Crippen LogP contribution is -1.93. The molecule has 0 aliphatic carbocycles. The highest BCUT2D eigenvalue weighted by Gasteiger charge is 1.97. The number of carbonyl (C=O) groups is 1. The Morgan fingerprint density at radius 1 is 1.26 bits per heavy atom. The number of ketones is 1. The Labute approximate surface area is 114 Å². The summed E-state index contributed by atoms with van der Waals surface area (Å²) in [7, 11) is 1.62. The zero-order chi connectivity index (χ0) is 14.1. The number of carbonyl (C=O) groups excluding carboxylic acids is 1. The smallest absolute Gasteiger partial charge is 0.206 e. The molecule has 0 saturated heterocycles. The SMILES string of the molecule is CC=C=C(C)CCC(=O)C#Cc1ccc(OC)cc1. The van der Waals surface area contributed by atoms with Crippen LogP contribution in [0.25, 0.3) is 0 Å². The largest absolute Gasteiger partial charge is 0.497 e. The maximum atomic E-state index is 11.6. The van der Waals surface area contributed by atoms with Crippen LogP contribution in [0, 0.1) is 11.8 Å². The van der Waals surface area contributed by atoms with Gasteiger partial charge < -0.3 is 4.74 Å². The number of allylic oxidation sites excluding steroid dienone is 1. The number of benzene rings is 1. The van der Waals surface area contributed by atoms with Gasteiger partial charge in [-0.25, -0.2) is 0 Å². The Balaban J connectivity index is 2.57. The van der Waals surface area contributed by atoms with E-state index >= 15 is 0 Å². The van der Waals surface area contributed by atoms with E-state index in [-0.39, 0.29) is 5.78 Å². The highest BCUT2D eigenvalue weighted by atomic mass is 16.5. The molecule has 0 N–H and O–H groups in total. The van der Waals surface area contributed by atoms with Gasteiger partial charge in [0, 0.05) is 12.0 Å². The van der Waals surface area contributed by atoms with Gasteiger partial charge in [0.1, 0.15) is 5.75 Å². The van der Waals surface area contributed by atoms with E-state index in [9.17, 15) is 4.79 Å². The molecule has 0 heterocycles. The summed E-state index contributed by atoms with van der Waals surface area (Å²) in [6.45, 7) is 3.87. The van der Waals surface area contributed by atoms with Crippen LogP contribution in [0.15, 0.2) is 41.6 Å². The van der Waals surface area contributed by atoms with E-state index in [1.54, 1.807) is 7.11 Å². The lowest BCUT2D eigenvalue weighted by atomic mass is 10.1. The molecule has 19 heavy (non-hydrogen) atoms. The van der Waals surface area contributed by atoms with Crippen molar-refractivity contribution in [1.82, 2.24) is 0 Å². The van der Waals surface area contributed by atoms with Gasteiger partial charge in [-0.3, -0.25) is 4.79 Å². The fourth-order valence-electron chi connectivity index (χ4n) is 1.50. The quantitative estimate of drug-likeness (QED) is 0.607. The van der Waals surface area contributed by atoms with Crippen LogP contribution in [0.1, 0.15) is 32.3 Å². The second-order valence-electron chi connectivity index (χ2n) is 4.12. The molecule has 0 bridgehead atoms. The van der Waals surface area contributed by atoms with Crippen LogP contribution >= 0.6 is 0 Å². The minimum Gasteiger partial charge on any atom is -0.497 e. The van der Waals surface area contributed by atoms with Gasteiger partial charge in [0.05, 0.1) is 7.11 Å². The van der Waals surface area contributed by atoms with Gasteiger partial charge in [0.15, 0.2) is 0 Å². The highest BCUT2D eigenvalue weighted by molar-refractivity contribution is 5.96. The van der Waals surface area contributed by atoms with Gasteiger partial charge in [0.25, 0.3) is 0 Å². The Bertz CT molecular complexity index is 547. The topological polar surface area (TPSA) is 26.3 Å². The summed E-state index contributed by atoms with van der Waals surface area (Å²) in [5.41, 5.74) is 4.95. The van der Waals surface area contributed by atoms with Crippen molar-refractivity contribution < 1.29 is 9.53 Å². The summed E-state index contributed by atoms with van der Waals surface area (Å²) in [4.78, 5) is 11.6. The second kappa shape index (κ2) is 7.97. The van der Waals surface area contributed by atoms with Crippen LogP contribution in [0.4, 0.5) is 0 Å². The van der Waals surface area contributed by atoms with Crippen molar-refractivity contribution in [3.63, 3.8) is 0 Å². The molecule has 1 rings (SSSR count). The van der Waals surface area contributed by atoms with Crippen LogP contribution < -0.4 is 4.74 Å². The number of rotatable bonds is 4. The molecule has 0 radical (unpaired) electrons. The number of hydrogen-bond donors (Lipinski definition) is 0. The Kier molecular flexibility index (Phi) is 6.22. The molecule has 0 aliphatic rings. The van der Waals surface area contributed by atoms with Gasteiger partial charge in [-0.15, -0.1) is 5.73 Å². The van der Waals surface area contributed by atoms with Gasteiger partial charge in [0.2, 0.25) is 5.78 Å². The van der Waals surface area contributed by atoms with Crippen molar-refractivity contribution in [3.05, 3.63) is 47.2 Å². The summed E-state index contributed by atoms with van der Waals surface area (Å²) in [5.74, 6) is 6.25. The summed E-state index contributed by atoms with van der Waals surface area (Å²) in [6, 6.07) is 7.33. The third kappa shape index (κ3) is 5.77. The van der Waals surface area contributed by atoms with E-state index in [1.165, 1.54) is 0 Å². The monoisotopic (exact) mass is 254 g/mol. The van der Waals surface area contributed by atoms with Gasteiger partial charge in [-0.1, -0.05) is 5.92 Å². The molecule has 2 heteroatoms. The van der Waals surface area contributed by atoms with Crippen LogP contribution in [-0.2, 0) is 4.79 Å². The van der Waals surface area contributed by atoms with E-state index in [0.717, 1.165) is 16.9 Å². The third-order valence-electron chi connectivity index (χ3n) is 2.55. The zero-order valence-corrected chi connectivity index (χ0v) is 11.6. The fraction of sp³-hybridized carbons (Fsp3) is 0.294. The van der Waals surface area contributed by atoms with E-state index in [2.05, 4.69) is 17.6 Å². The number of Topliss-reactive ketones (excluding diaryl/α,β-unsaturated/α-hetero) is 1. The van der Waals surface area contributed by atoms with Crippen molar-refractivity contribution >= 4 is 5.78 Å². The lowest BCUT2D eigenvalue weighted by Gasteiger charge is -1.97. The average molecular weight is 254 g/mol. The maximum Gasteiger partial charge on any atom is 0.206 e. The molecule has 0 atom stereocenters. The first-order chi connectivity index (χ1) is 9.15. The van der Waals surface area contributed by atoms with Crippen molar-refractivity contribution in [2.75, 3.05) is 7.11 Å². The summed E-state index contributed by atoms with van der Waals surface area (Å²) >= 11 is 0. The second-order valence-corrected chi connectivity index (χ2v) is 4.12. The van der Waals surface area contributed by atoms with Crippen molar-refractivity contribution in [2.45, 2.75) is 26.7 Å². The predicted octanol–water partition coefficient (Wildman–Crippen LogP) is 3.52. The van der Waals surface area contributed by atoms with E-state index in [4.69, 9.17) is 4.74 Å². The normalized spacial score (nSPS) is 8.79. The molecule has 0 saturated carbocycles. The molecule has 0 fully saturated rings. The first kappa shape index (κ1) is 14.8. The minimum absolute atomic E-state index is 0.0481. The average Bonchev–Trinajstić information content (AvgIpc) is 2.44. The van der Waals surface area contributed by atoms with Crippen molar-refractivity contribution in [1.29, 1.82) is 0 Å². The van der Waals surface area contributed by atoms with Crippen LogP contribution in [0.3, 0.4) is 0 Å². The van der Waals surface area contributed by atoms with E-state index < -0.39 is 0 Å². The molecule has 98 valence electrons. The molecular formula is C17H18O2. The Morgan fingerprint density at radius 2 is 1.95 bits per heavy atom. The fourth-order valence-corrected chi connectivity index (χ4v) is 1.50. The summed E-state index contributed by atoms with van der Waals surface area (Å²) in [6.07, 6.45) is 3.00. The van der Waals surface area contributed by atoms with Gasteiger partial charge in [-0.05, 0) is 62.1 Å². The Hall–Kier alpha value is -2.23. The van der Waals surface area contributed by atoms with E-state index in [1.807, 2.05) is 44.2 Å². The van der Waals surface area contributed by atoms with Gasteiger partial charge in [-0.2, -0.15) is 0 Å². The molecule has 1 aromatic rings. The molecule has 0 spiro atoms. The third-order valence-corrected chi connectivity index (χ3v) is 2.55. The first-order valence-electron chi connectivity index (χ1n) is 6.21. The summed E-state index contributed by atoms with van der Waals surface area (Å²) < 4.78 is 5.05. The number of methoxy groups -OCH3 is 1. The highest BCUT2D eigenvalue weighted by Crippen LogP contribution is 2.10. The van der Waals surface area contributed by atoms with Crippen molar-refractivity contribution in [3.8, 4) is 17.6 Å². The lowest BCUT2D eigenvalue weighted by molar-refractivity contribution is -0.113. The molecule has 0 unspecified atom stereocenters. The minimum atomic E-state index is -0.0481. The van der Waals surface area contributed by atoms with E-state index in [0.29, 0.717) is 12.8 Å². The standard InChI is InChI=1S/C17H18O2/c1-4-5-14(2)6-10-16(18)11-7-15-8-12-17(19-3)13-9-15/h4,8-9,12-13H,6,10H2,1-3H3. The van der Waals surface area contributed by atoms with Crippen molar-refractivity contribution in [2.24, 2.45) is 0 Å². The maximum absolute atomic E-state index is 11.6. The van der Waals surface area contributed by atoms with Crippen LogP contribution in [0.2, 0.25) is 0 Å². The zero-order valence-electron chi connectivity index (χ0n) is 11.6. The summed E-state index contributed by atoms with van der Waals surface area (Å²) in [5, 5.41) is 0. The van der Waals surface area contributed by atoms with Crippen LogP contribution in [0.5, 0.6) is 5.75 Å². The molecule has 2 nitrogen and oxygen atoms in total.